The summed E-state index contributed by atoms with van der Waals surface area (Å²) < 4.78 is 0. The van der Waals surface area contributed by atoms with E-state index in [0.717, 1.165) is 11.0 Å². The number of phenols is 1. The van der Waals surface area contributed by atoms with E-state index in [9.17, 15) is 5.11 Å². The maximum Gasteiger partial charge on any atom is 0.155 e. The number of halogens is 1. The Hall–Kier alpha value is -2.39. The molecule has 0 bridgehead atoms. The number of nitrogens with zero attached hydrogens (tertiary/aromatic N) is 2. The van der Waals surface area contributed by atoms with E-state index in [-0.39, 0.29) is 5.75 Å². The lowest BCUT2D eigenvalue weighted by Crippen LogP contribution is -1.89. The van der Waals surface area contributed by atoms with E-state index >= 15 is 0 Å². The Balaban J connectivity index is 2.02. The predicted molar refractivity (Wildman–Crippen MR) is 81.6 cm³/mol. The molecule has 3 aromatic rings. The van der Waals surface area contributed by atoms with Crippen LogP contribution >= 0.6 is 11.6 Å². The van der Waals surface area contributed by atoms with Gasteiger partial charge in [-0.1, -0.05) is 41.9 Å². The Labute approximate surface area is 121 Å². The zero-order valence-electron chi connectivity index (χ0n) is 10.5. The average molecular weight is 283 g/mol. The standard InChI is InChI=1S/C16H11ClN2O/c17-16-14(10-9-11-5-1-4-8-15(11)20)18-12-6-2-3-7-13(12)19-16/h1-10,20H/b10-9+. The second-order valence-electron chi connectivity index (χ2n) is 4.28. The monoisotopic (exact) mass is 282 g/mol. The van der Waals surface area contributed by atoms with Crippen LogP contribution in [0.1, 0.15) is 11.3 Å². The Morgan fingerprint density at radius 3 is 2.25 bits per heavy atom. The zero-order chi connectivity index (χ0) is 13.9. The van der Waals surface area contributed by atoms with Crippen molar-refractivity contribution in [2.24, 2.45) is 0 Å². The number of para-hydroxylation sites is 3. The van der Waals surface area contributed by atoms with Crippen molar-refractivity contribution in [1.29, 1.82) is 0 Å². The van der Waals surface area contributed by atoms with Gasteiger partial charge in [-0.15, -0.1) is 0 Å². The molecule has 0 fully saturated rings. The molecule has 0 amide bonds. The smallest absolute Gasteiger partial charge is 0.155 e. The van der Waals surface area contributed by atoms with Crippen LogP contribution in [0.5, 0.6) is 5.75 Å². The predicted octanol–water partition coefficient (Wildman–Crippen LogP) is 4.16. The number of fused-ring (bicyclic) bond motifs is 1. The molecule has 0 unspecified atom stereocenters. The van der Waals surface area contributed by atoms with Crippen molar-refractivity contribution in [1.82, 2.24) is 9.97 Å². The van der Waals surface area contributed by atoms with Crippen LogP contribution < -0.4 is 0 Å². The highest BCUT2D eigenvalue weighted by molar-refractivity contribution is 6.31. The minimum Gasteiger partial charge on any atom is -0.507 e. The molecule has 3 nitrogen and oxygen atoms in total. The van der Waals surface area contributed by atoms with E-state index in [1.807, 2.05) is 36.4 Å². The minimum absolute atomic E-state index is 0.216. The first-order valence-corrected chi connectivity index (χ1v) is 6.50. The van der Waals surface area contributed by atoms with Gasteiger partial charge in [-0.25, -0.2) is 9.97 Å². The molecule has 1 heterocycles. The topological polar surface area (TPSA) is 46.0 Å². The molecule has 2 aromatic carbocycles. The van der Waals surface area contributed by atoms with Gasteiger partial charge in [0, 0.05) is 5.56 Å². The fourth-order valence-corrected chi connectivity index (χ4v) is 2.09. The van der Waals surface area contributed by atoms with Crippen molar-refractivity contribution in [2.75, 3.05) is 0 Å². The SMILES string of the molecule is Oc1ccccc1/C=C/c1nc2ccccc2nc1Cl. The van der Waals surface area contributed by atoms with Gasteiger partial charge in [0.15, 0.2) is 5.15 Å². The third kappa shape index (κ3) is 2.49. The third-order valence-electron chi connectivity index (χ3n) is 2.91. The highest BCUT2D eigenvalue weighted by Crippen LogP contribution is 2.21. The zero-order valence-corrected chi connectivity index (χ0v) is 11.2. The molecule has 3 rings (SSSR count). The van der Waals surface area contributed by atoms with Gasteiger partial charge in [-0.2, -0.15) is 0 Å². The van der Waals surface area contributed by atoms with Crippen LogP contribution in [-0.2, 0) is 0 Å². The van der Waals surface area contributed by atoms with Gasteiger partial charge >= 0.3 is 0 Å². The summed E-state index contributed by atoms with van der Waals surface area (Å²) in [5.74, 6) is 0.216. The van der Waals surface area contributed by atoms with Crippen molar-refractivity contribution in [3.8, 4) is 5.75 Å². The van der Waals surface area contributed by atoms with Gasteiger partial charge in [0.1, 0.15) is 11.4 Å². The number of aromatic nitrogens is 2. The maximum atomic E-state index is 9.71. The molecule has 4 heteroatoms. The first-order chi connectivity index (χ1) is 9.74. The Morgan fingerprint density at radius 1 is 0.850 bits per heavy atom. The quantitative estimate of drug-likeness (QED) is 0.768. The van der Waals surface area contributed by atoms with Gasteiger partial charge in [0.05, 0.1) is 11.0 Å². The van der Waals surface area contributed by atoms with Crippen LogP contribution in [0.4, 0.5) is 0 Å². The molecule has 0 spiro atoms. The first-order valence-electron chi connectivity index (χ1n) is 6.12. The molecular formula is C16H11ClN2O. The van der Waals surface area contributed by atoms with Gasteiger partial charge < -0.3 is 5.11 Å². The minimum atomic E-state index is 0.216. The van der Waals surface area contributed by atoms with Crippen molar-refractivity contribution >= 4 is 34.8 Å². The molecular weight excluding hydrogens is 272 g/mol. The lowest BCUT2D eigenvalue weighted by molar-refractivity contribution is 0.474. The van der Waals surface area contributed by atoms with Gasteiger partial charge in [-0.05, 0) is 30.4 Å². The second kappa shape index (κ2) is 5.31. The van der Waals surface area contributed by atoms with Crippen LogP contribution in [0, 0.1) is 0 Å². The van der Waals surface area contributed by atoms with Crippen LogP contribution in [0.15, 0.2) is 48.5 Å². The molecule has 98 valence electrons. The van der Waals surface area contributed by atoms with Gasteiger partial charge in [0.2, 0.25) is 0 Å². The number of hydrogen-bond donors (Lipinski definition) is 1. The largest absolute Gasteiger partial charge is 0.507 e. The second-order valence-corrected chi connectivity index (χ2v) is 4.64. The van der Waals surface area contributed by atoms with E-state index in [4.69, 9.17) is 11.6 Å². The molecule has 0 aliphatic rings. The molecule has 1 N–H and O–H groups in total. The van der Waals surface area contributed by atoms with Crippen molar-refractivity contribution in [3.63, 3.8) is 0 Å². The van der Waals surface area contributed by atoms with Crippen molar-refractivity contribution in [2.45, 2.75) is 0 Å². The van der Waals surface area contributed by atoms with Gasteiger partial charge in [0.25, 0.3) is 0 Å². The molecule has 0 aliphatic carbocycles. The van der Waals surface area contributed by atoms with Gasteiger partial charge in [-0.3, -0.25) is 0 Å². The number of rotatable bonds is 2. The van der Waals surface area contributed by atoms with E-state index in [1.165, 1.54) is 0 Å². The summed E-state index contributed by atoms with van der Waals surface area (Å²) in [5, 5.41) is 10.1. The van der Waals surface area contributed by atoms with E-state index in [1.54, 1.807) is 24.3 Å². The summed E-state index contributed by atoms with van der Waals surface area (Å²) in [6, 6.07) is 14.6. The normalized spacial score (nSPS) is 11.2. The first kappa shape index (κ1) is 12.6. The molecule has 20 heavy (non-hydrogen) atoms. The maximum absolute atomic E-state index is 9.71. The molecule has 0 aliphatic heterocycles. The summed E-state index contributed by atoms with van der Waals surface area (Å²) in [7, 11) is 0. The summed E-state index contributed by atoms with van der Waals surface area (Å²) in [6.45, 7) is 0. The molecule has 0 radical (unpaired) electrons. The summed E-state index contributed by atoms with van der Waals surface area (Å²) in [6.07, 6.45) is 3.51. The van der Waals surface area contributed by atoms with Crippen molar-refractivity contribution in [3.05, 3.63) is 64.9 Å². The van der Waals surface area contributed by atoms with E-state index < -0.39 is 0 Å². The Kier molecular flexibility index (Phi) is 3.35. The molecule has 1 aromatic heterocycles. The fourth-order valence-electron chi connectivity index (χ4n) is 1.90. The Bertz CT molecular complexity index is 799. The summed E-state index contributed by atoms with van der Waals surface area (Å²) in [4.78, 5) is 8.76. The van der Waals surface area contributed by atoms with Crippen LogP contribution in [0.3, 0.4) is 0 Å². The van der Waals surface area contributed by atoms with Crippen molar-refractivity contribution < 1.29 is 5.11 Å². The number of phenolic OH excluding ortho intramolecular Hbond substituents is 1. The average Bonchev–Trinajstić information content (AvgIpc) is 2.46. The van der Waals surface area contributed by atoms with Crippen LogP contribution in [-0.4, -0.2) is 15.1 Å². The van der Waals surface area contributed by atoms with E-state index in [2.05, 4.69) is 9.97 Å². The van der Waals surface area contributed by atoms with Crippen LogP contribution in [0.2, 0.25) is 5.15 Å². The summed E-state index contributed by atoms with van der Waals surface area (Å²) >= 11 is 6.12. The molecule has 0 saturated carbocycles. The third-order valence-corrected chi connectivity index (χ3v) is 3.19. The Morgan fingerprint density at radius 2 is 1.50 bits per heavy atom. The highest BCUT2D eigenvalue weighted by Gasteiger charge is 2.04. The molecule has 0 saturated heterocycles. The summed E-state index contributed by atoms with van der Waals surface area (Å²) in [5.41, 5.74) is 2.83. The van der Waals surface area contributed by atoms with E-state index in [0.29, 0.717) is 16.4 Å². The fraction of sp³-hybridized carbons (Fsp3) is 0. The highest BCUT2D eigenvalue weighted by atomic mass is 35.5. The number of aromatic hydroxyl groups is 1. The lowest BCUT2D eigenvalue weighted by Gasteiger charge is -2.01. The lowest BCUT2D eigenvalue weighted by atomic mass is 10.2. The number of benzene rings is 2. The molecule has 0 atom stereocenters. The number of hydrogen-bond acceptors (Lipinski definition) is 3. The van der Waals surface area contributed by atoms with Crippen LogP contribution in [0.25, 0.3) is 23.2 Å².